The van der Waals surface area contributed by atoms with E-state index in [9.17, 15) is 14.4 Å². The Bertz CT molecular complexity index is 612. The molecule has 7 heteroatoms. The average Bonchev–Trinajstić information content (AvgIpc) is 2.48. The van der Waals surface area contributed by atoms with E-state index in [0.29, 0.717) is 11.4 Å². The quantitative estimate of drug-likeness (QED) is 0.829. The topological polar surface area (TPSA) is 84.9 Å². The van der Waals surface area contributed by atoms with E-state index in [1.54, 1.807) is 12.1 Å². The predicted molar refractivity (Wildman–Crippen MR) is 78.9 cm³/mol. The zero-order valence-corrected chi connectivity index (χ0v) is 12.7. The van der Waals surface area contributed by atoms with E-state index < -0.39 is 5.97 Å². The first-order valence-electron chi connectivity index (χ1n) is 6.87. The molecule has 0 radical (unpaired) electrons. The molecule has 0 atom stereocenters. The van der Waals surface area contributed by atoms with Crippen molar-refractivity contribution in [3.05, 3.63) is 23.8 Å². The number of nitrogens with one attached hydrogen (secondary N) is 1. The Labute approximate surface area is 128 Å². The van der Waals surface area contributed by atoms with Gasteiger partial charge in [0.05, 0.1) is 18.4 Å². The van der Waals surface area contributed by atoms with E-state index in [0.717, 1.165) is 0 Å². The van der Waals surface area contributed by atoms with Crippen LogP contribution in [-0.4, -0.2) is 44.1 Å². The molecule has 0 fully saturated rings. The van der Waals surface area contributed by atoms with Crippen LogP contribution < -0.4 is 15.0 Å². The minimum absolute atomic E-state index is 0.0236. The number of fused-ring (bicyclic) bond motifs is 1. The van der Waals surface area contributed by atoms with Crippen molar-refractivity contribution in [2.24, 2.45) is 0 Å². The highest BCUT2D eigenvalue weighted by Gasteiger charge is 2.28. The van der Waals surface area contributed by atoms with Gasteiger partial charge in [-0.25, -0.2) is 4.79 Å². The van der Waals surface area contributed by atoms with E-state index in [-0.39, 0.29) is 36.6 Å². The molecular formula is C15H18N2O5. The van der Waals surface area contributed by atoms with Crippen LogP contribution in [0.1, 0.15) is 24.2 Å². The molecule has 2 amide bonds. The van der Waals surface area contributed by atoms with Crippen molar-refractivity contribution in [3.8, 4) is 5.75 Å². The van der Waals surface area contributed by atoms with Gasteiger partial charge in [0.25, 0.3) is 5.91 Å². The number of anilines is 1. The molecule has 0 spiro atoms. The summed E-state index contributed by atoms with van der Waals surface area (Å²) < 4.78 is 9.98. The summed E-state index contributed by atoms with van der Waals surface area (Å²) in [7, 11) is 1.28. The van der Waals surface area contributed by atoms with Crippen LogP contribution in [0.3, 0.4) is 0 Å². The van der Waals surface area contributed by atoms with E-state index >= 15 is 0 Å². The number of amides is 2. The lowest BCUT2D eigenvalue weighted by Crippen LogP contribution is -2.46. The maximum absolute atomic E-state index is 12.0. The average molecular weight is 306 g/mol. The maximum Gasteiger partial charge on any atom is 0.337 e. The number of hydrogen-bond donors (Lipinski definition) is 1. The highest BCUT2D eigenvalue weighted by Crippen LogP contribution is 2.33. The smallest absolute Gasteiger partial charge is 0.337 e. The molecule has 0 saturated carbocycles. The van der Waals surface area contributed by atoms with Gasteiger partial charge in [0, 0.05) is 6.04 Å². The van der Waals surface area contributed by atoms with Crippen molar-refractivity contribution in [1.82, 2.24) is 5.32 Å². The molecule has 1 aromatic carbocycles. The highest BCUT2D eigenvalue weighted by molar-refractivity contribution is 6.03. The number of hydrogen-bond acceptors (Lipinski definition) is 5. The molecule has 1 heterocycles. The molecule has 0 aromatic heterocycles. The van der Waals surface area contributed by atoms with Crippen LogP contribution >= 0.6 is 0 Å². The van der Waals surface area contributed by atoms with Crippen molar-refractivity contribution in [2.45, 2.75) is 19.9 Å². The summed E-state index contributed by atoms with van der Waals surface area (Å²) in [6.07, 6.45) is 0. The van der Waals surface area contributed by atoms with Crippen LogP contribution in [0.15, 0.2) is 18.2 Å². The monoisotopic (exact) mass is 306 g/mol. The maximum atomic E-state index is 12.0. The Balaban J connectivity index is 2.30. The molecule has 0 aliphatic carbocycles. The molecule has 1 aliphatic heterocycles. The number of benzene rings is 1. The Morgan fingerprint density at radius 2 is 2.14 bits per heavy atom. The fourth-order valence-electron chi connectivity index (χ4n) is 2.13. The number of rotatable bonds is 4. The lowest BCUT2D eigenvalue weighted by atomic mass is 10.1. The lowest BCUT2D eigenvalue weighted by molar-refractivity contribution is -0.125. The van der Waals surface area contributed by atoms with E-state index in [1.807, 2.05) is 13.8 Å². The summed E-state index contributed by atoms with van der Waals surface area (Å²) in [6, 6.07) is 4.60. The molecule has 0 saturated heterocycles. The third-order valence-electron chi connectivity index (χ3n) is 3.07. The van der Waals surface area contributed by atoms with Gasteiger partial charge in [-0.1, -0.05) is 0 Å². The van der Waals surface area contributed by atoms with E-state index in [2.05, 4.69) is 10.1 Å². The van der Waals surface area contributed by atoms with Crippen LogP contribution in [0.25, 0.3) is 0 Å². The molecule has 118 valence electrons. The summed E-state index contributed by atoms with van der Waals surface area (Å²) in [5.41, 5.74) is 0.673. The van der Waals surface area contributed by atoms with Gasteiger partial charge in [0.1, 0.15) is 12.3 Å². The zero-order valence-electron chi connectivity index (χ0n) is 12.7. The first-order chi connectivity index (χ1) is 10.4. The number of ether oxygens (including phenoxy) is 2. The first kappa shape index (κ1) is 15.8. The van der Waals surface area contributed by atoms with Gasteiger partial charge in [-0.05, 0) is 32.0 Å². The van der Waals surface area contributed by atoms with Gasteiger partial charge < -0.3 is 14.8 Å². The van der Waals surface area contributed by atoms with Crippen molar-refractivity contribution in [1.29, 1.82) is 0 Å². The fraction of sp³-hybridized carbons (Fsp3) is 0.400. The van der Waals surface area contributed by atoms with Gasteiger partial charge in [-0.3, -0.25) is 14.5 Å². The third kappa shape index (κ3) is 3.36. The Morgan fingerprint density at radius 3 is 2.77 bits per heavy atom. The molecule has 0 unspecified atom stereocenters. The Hall–Kier alpha value is -2.57. The Kier molecular flexibility index (Phi) is 4.65. The third-order valence-corrected chi connectivity index (χ3v) is 3.07. The summed E-state index contributed by atoms with van der Waals surface area (Å²) in [4.78, 5) is 36.9. The SMILES string of the molecule is COC(=O)c1ccc2c(c1)N(CC(=O)NC(C)C)C(=O)CO2. The van der Waals surface area contributed by atoms with Crippen molar-refractivity contribution >= 4 is 23.5 Å². The summed E-state index contributed by atoms with van der Waals surface area (Å²) >= 11 is 0. The lowest BCUT2D eigenvalue weighted by Gasteiger charge is -2.29. The summed E-state index contributed by atoms with van der Waals surface area (Å²) in [5, 5.41) is 2.72. The zero-order chi connectivity index (χ0) is 16.3. The van der Waals surface area contributed by atoms with Crippen LogP contribution in [0.4, 0.5) is 5.69 Å². The van der Waals surface area contributed by atoms with Crippen molar-refractivity contribution < 1.29 is 23.9 Å². The molecule has 7 nitrogen and oxygen atoms in total. The van der Waals surface area contributed by atoms with Crippen LogP contribution in [-0.2, 0) is 14.3 Å². The second-order valence-electron chi connectivity index (χ2n) is 5.16. The standard InChI is InChI=1S/C15H18N2O5/c1-9(2)16-13(18)7-17-11-6-10(15(20)21-3)4-5-12(11)22-8-14(17)19/h4-6,9H,7-8H2,1-3H3,(H,16,18). The summed E-state index contributed by atoms with van der Waals surface area (Å²) in [6.45, 7) is 3.40. The van der Waals surface area contributed by atoms with Crippen LogP contribution in [0.5, 0.6) is 5.75 Å². The van der Waals surface area contributed by atoms with Gasteiger partial charge in [-0.15, -0.1) is 0 Å². The fourth-order valence-corrected chi connectivity index (χ4v) is 2.13. The van der Waals surface area contributed by atoms with Gasteiger partial charge >= 0.3 is 5.97 Å². The molecule has 1 aromatic rings. The number of carbonyl (C=O) groups is 3. The number of esters is 1. The highest BCUT2D eigenvalue weighted by atomic mass is 16.5. The minimum Gasteiger partial charge on any atom is -0.482 e. The second-order valence-corrected chi connectivity index (χ2v) is 5.16. The molecule has 22 heavy (non-hydrogen) atoms. The number of carbonyl (C=O) groups excluding carboxylic acids is 3. The molecule has 1 aliphatic rings. The molecule has 1 N–H and O–H groups in total. The van der Waals surface area contributed by atoms with Gasteiger partial charge in [0.2, 0.25) is 5.91 Å². The van der Waals surface area contributed by atoms with Crippen molar-refractivity contribution in [3.63, 3.8) is 0 Å². The second kappa shape index (κ2) is 6.46. The minimum atomic E-state index is -0.521. The van der Waals surface area contributed by atoms with Crippen LogP contribution in [0, 0.1) is 0 Å². The predicted octanol–water partition coefficient (Wildman–Crippen LogP) is 0.723. The van der Waals surface area contributed by atoms with Gasteiger partial charge in [-0.2, -0.15) is 0 Å². The van der Waals surface area contributed by atoms with Gasteiger partial charge in [0.15, 0.2) is 6.61 Å². The van der Waals surface area contributed by atoms with E-state index in [4.69, 9.17) is 4.74 Å². The van der Waals surface area contributed by atoms with E-state index in [1.165, 1.54) is 18.1 Å². The molecule has 0 bridgehead atoms. The summed E-state index contributed by atoms with van der Waals surface area (Å²) in [5.74, 6) is -0.690. The normalized spacial score (nSPS) is 13.5. The molecular weight excluding hydrogens is 288 g/mol. The van der Waals surface area contributed by atoms with Crippen molar-refractivity contribution in [2.75, 3.05) is 25.2 Å². The number of methoxy groups -OCH3 is 1. The largest absolute Gasteiger partial charge is 0.482 e. The Morgan fingerprint density at radius 1 is 1.41 bits per heavy atom. The molecule has 2 rings (SSSR count). The van der Waals surface area contributed by atoms with Crippen LogP contribution in [0.2, 0.25) is 0 Å². The number of nitrogens with zero attached hydrogens (tertiary/aromatic N) is 1. The first-order valence-corrected chi connectivity index (χ1v) is 6.87.